The Bertz CT molecular complexity index is 975. The number of nitrogens with one attached hydrogen (secondary N) is 1. The van der Waals surface area contributed by atoms with E-state index >= 15 is 0 Å². The minimum atomic E-state index is -4.48. The summed E-state index contributed by atoms with van der Waals surface area (Å²) in [5.74, 6) is -0.430. The van der Waals surface area contributed by atoms with Gasteiger partial charge in [-0.2, -0.15) is 13.2 Å². The third kappa shape index (κ3) is 5.05. The fraction of sp³-hybridized carbons (Fsp3) is 0.522. The Balaban J connectivity index is 1.34. The molecule has 0 bridgehead atoms. The molecule has 2 aromatic rings. The van der Waals surface area contributed by atoms with Gasteiger partial charge in [-0.3, -0.25) is 9.69 Å². The van der Waals surface area contributed by atoms with E-state index in [9.17, 15) is 18.0 Å². The number of rotatable bonds is 5. The van der Waals surface area contributed by atoms with E-state index in [2.05, 4.69) is 25.1 Å². The van der Waals surface area contributed by atoms with Crippen molar-refractivity contribution in [2.75, 3.05) is 45.2 Å². The molecule has 1 saturated heterocycles. The second-order valence-corrected chi connectivity index (χ2v) is 8.46. The Morgan fingerprint density at radius 3 is 2.48 bits per heavy atom. The molecule has 0 aromatic carbocycles. The Labute approximate surface area is 191 Å². The van der Waals surface area contributed by atoms with Gasteiger partial charge < -0.3 is 15.0 Å². The lowest BCUT2D eigenvalue weighted by Gasteiger charge is -2.39. The number of piperazine rings is 1. The van der Waals surface area contributed by atoms with Gasteiger partial charge in [0.1, 0.15) is 11.3 Å². The first-order valence-electron chi connectivity index (χ1n) is 11.1. The number of aromatic nitrogens is 2. The summed E-state index contributed by atoms with van der Waals surface area (Å²) in [5, 5.41) is 2.57. The second-order valence-electron chi connectivity index (χ2n) is 8.46. The minimum absolute atomic E-state index is 0.130. The number of carbonyl (C=O) groups is 1. The smallest absolute Gasteiger partial charge is 0.421 e. The van der Waals surface area contributed by atoms with E-state index in [0.717, 1.165) is 57.2 Å². The molecule has 2 fully saturated rings. The van der Waals surface area contributed by atoms with Gasteiger partial charge in [0, 0.05) is 50.9 Å². The van der Waals surface area contributed by atoms with Gasteiger partial charge in [-0.05, 0) is 43.5 Å². The molecule has 3 heterocycles. The number of amides is 1. The summed E-state index contributed by atoms with van der Waals surface area (Å²) in [4.78, 5) is 24.8. The predicted molar refractivity (Wildman–Crippen MR) is 118 cm³/mol. The molecule has 1 N–H and O–H groups in total. The molecule has 2 aliphatic rings. The van der Waals surface area contributed by atoms with E-state index in [1.165, 1.54) is 13.2 Å². The standard InChI is InChI=1S/C23H28F3N5O2/c1-27-21(32)20-7-5-17(14-28-20)31-11-9-30(10-12-31)16-4-3-15(13-16)19-8-6-18(23(24,25)26)22(29-19)33-2/h5-8,14-16H,3-4,9-13H2,1-2H3,(H,27,32). The van der Waals surface area contributed by atoms with Gasteiger partial charge in [-0.1, -0.05) is 0 Å². The van der Waals surface area contributed by atoms with Gasteiger partial charge >= 0.3 is 6.18 Å². The molecule has 0 spiro atoms. The van der Waals surface area contributed by atoms with Gasteiger partial charge in [0.15, 0.2) is 0 Å². The molecule has 0 radical (unpaired) electrons. The van der Waals surface area contributed by atoms with Gasteiger partial charge in [-0.15, -0.1) is 0 Å². The summed E-state index contributed by atoms with van der Waals surface area (Å²) < 4.78 is 44.3. The number of pyridine rings is 2. The molecule has 10 heteroatoms. The summed E-state index contributed by atoms with van der Waals surface area (Å²) in [6.45, 7) is 3.51. The van der Waals surface area contributed by atoms with Gasteiger partial charge in [0.05, 0.1) is 19.0 Å². The highest BCUT2D eigenvalue weighted by molar-refractivity contribution is 5.92. The van der Waals surface area contributed by atoms with Crippen LogP contribution < -0.4 is 15.0 Å². The first-order valence-corrected chi connectivity index (χ1v) is 11.1. The number of halogens is 3. The first-order chi connectivity index (χ1) is 15.8. The van der Waals surface area contributed by atoms with Crippen molar-refractivity contribution < 1.29 is 22.7 Å². The molecular weight excluding hydrogens is 435 g/mol. The number of alkyl halides is 3. The van der Waals surface area contributed by atoms with Crippen molar-refractivity contribution in [3.05, 3.63) is 47.4 Å². The van der Waals surface area contributed by atoms with E-state index < -0.39 is 11.7 Å². The highest BCUT2D eigenvalue weighted by Crippen LogP contribution is 2.40. The summed E-state index contributed by atoms with van der Waals surface area (Å²) in [6.07, 6.45) is 0.0295. The minimum Gasteiger partial charge on any atom is -0.481 e. The van der Waals surface area contributed by atoms with E-state index in [-0.39, 0.29) is 17.7 Å². The highest BCUT2D eigenvalue weighted by atomic mass is 19.4. The lowest BCUT2D eigenvalue weighted by Crippen LogP contribution is -2.49. The van der Waals surface area contributed by atoms with Crippen LogP contribution in [0.15, 0.2) is 30.5 Å². The molecule has 1 amide bonds. The zero-order chi connectivity index (χ0) is 23.6. The lowest BCUT2D eigenvalue weighted by molar-refractivity contribution is -0.139. The Morgan fingerprint density at radius 1 is 1.12 bits per heavy atom. The second kappa shape index (κ2) is 9.54. The van der Waals surface area contributed by atoms with Crippen LogP contribution in [0.3, 0.4) is 0 Å². The maximum atomic E-state index is 13.1. The highest BCUT2D eigenvalue weighted by Gasteiger charge is 2.37. The summed E-state index contributed by atoms with van der Waals surface area (Å²) in [7, 11) is 2.80. The number of nitrogens with zero attached hydrogens (tertiary/aromatic N) is 4. The number of methoxy groups -OCH3 is 1. The quantitative estimate of drug-likeness (QED) is 0.734. The number of anilines is 1. The predicted octanol–water partition coefficient (Wildman–Crippen LogP) is 3.32. The van der Waals surface area contributed by atoms with Crippen molar-refractivity contribution >= 4 is 11.6 Å². The Morgan fingerprint density at radius 2 is 1.88 bits per heavy atom. The maximum absolute atomic E-state index is 13.1. The average molecular weight is 464 g/mol. The summed E-state index contributed by atoms with van der Waals surface area (Å²) in [6, 6.07) is 6.61. The van der Waals surface area contributed by atoms with Crippen LogP contribution in [-0.4, -0.2) is 67.2 Å². The molecule has 1 aliphatic heterocycles. The number of hydrogen-bond donors (Lipinski definition) is 1. The normalized spacial score (nSPS) is 21.8. The van der Waals surface area contributed by atoms with E-state index in [4.69, 9.17) is 4.74 Å². The van der Waals surface area contributed by atoms with Crippen molar-refractivity contribution in [1.29, 1.82) is 0 Å². The summed E-state index contributed by atoms with van der Waals surface area (Å²) in [5.41, 5.74) is 1.22. The third-order valence-electron chi connectivity index (χ3n) is 6.61. The van der Waals surface area contributed by atoms with Crippen LogP contribution in [0.5, 0.6) is 5.88 Å². The van der Waals surface area contributed by atoms with E-state index in [1.807, 2.05) is 6.07 Å². The van der Waals surface area contributed by atoms with Crippen molar-refractivity contribution in [3.8, 4) is 5.88 Å². The van der Waals surface area contributed by atoms with Crippen LogP contribution in [0.4, 0.5) is 18.9 Å². The fourth-order valence-electron chi connectivity index (χ4n) is 4.79. The van der Waals surface area contributed by atoms with Crippen LogP contribution >= 0.6 is 0 Å². The van der Waals surface area contributed by atoms with Crippen LogP contribution in [-0.2, 0) is 6.18 Å². The molecule has 1 saturated carbocycles. The average Bonchev–Trinajstić information content (AvgIpc) is 3.33. The molecule has 2 aromatic heterocycles. The Hall–Kier alpha value is -2.88. The van der Waals surface area contributed by atoms with Crippen molar-refractivity contribution in [2.24, 2.45) is 0 Å². The molecule has 33 heavy (non-hydrogen) atoms. The molecule has 2 atom stereocenters. The third-order valence-corrected chi connectivity index (χ3v) is 6.61. The summed E-state index contributed by atoms with van der Waals surface area (Å²) >= 11 is 0. The van der Waals surface area contributed by atoms with Crippen LogP contribution in [0.2, 0.25) is 0 Å². The number of carbonyl (C=O) groups excluding carboxylic acids is 1. The topological polar surface area (TPSA) is 70.6 Å². The van der Waals surface area contributed by atoms with E-state index in [1.54, 1.807) is 19.3 Å². The van der Waals surface area contributed by atoms with Crippen LogP contribution in [0.1, 0.15) is 46.9 Å². The molecule has 7 nitrogen and oxygen atoms in total. The molecule has 178 valence electrons. The first kappa shape index (κ1) is 23.3. The van der Waals surface area contributed by atoms with Crippen molar-refractivity contribution in [3.63, 3.8) is 0 Å². The zero-order valence-electron chi connectivity index (χ0n) is 18.7. The molecule has 1 aliphatic carbocycles. The van der Waals surface area contributed by atoms with Gasteiger partial charge in [0.2, 0.25) is 5.88 Å². The number of hydrogen-bond acceptors (Lipinski definition) is 6. The monoisotopic (exact) mass is 463 g/mol. The van der Waals surface area contributed by atoms with Crippen LogP contribution in [0, 0.1) is 0 Å². The number of ether oxygens (including phenoxy) is 1. The molecule has 4 rings (SSSR count). The van der Waals surface area contributed by atoms with Gasteiger partial charge in [-0.25, -0.2) is 9.97 Å². The lowest BCUT2D eigenvalue weighted by atomic mass is 10.0. The van der Waals surface area contributed by atoms with Gasteiger partial charge in [0.25, 0.3) is 5.91 Å². The van der Waals surface area contributed by atoms with Crippen molar-refractivity contribution in [2.45, 2.75) is 37.4 Å². The SMILES string of the molecule is CNC(=O)c1ccc(N2CCN(C3CCC(c4ccc(C(F)(F)F)c(OC)n4)C3)CC2)cn1. The Kier molecular flexibility index (Phi) is 6.73. The van der Waals surface area contributed by atoms with E-state index in [0.29, 0.717) is 17.4 Å². The maximum Gasteiger partial charge on any atom is 0.421 e. The fourth-order valence-corrected chi connectivity index (χ4v) is 4.79. The molecular formula is C23H28F3N5O2. The van der Waals surface area contributed by atoms with Crippen molar-refractivity contribution in [1.82, 2.24) is 20.2 Å². The zero-order valence-corrected chi connectivity index (χ0v) is 18.7. The van der Waals surface area contributed by atoms with Crippen LogP contribution in [0.25, 0.3) is 0 Å². The largest absolute Gasteiger partial charge is 0.481 e. The molecule has 2 unspecified atom stereocenters.